The first-order valence-electron chi connectivity index (χ1n) is 8.05. The molecule has 1 saturated heterocycles. The largest absolute Gasteiger partial charge is 0.491 e. The number of hydrogen-bond acceptors (Lipinski definition) is 5. The fourth-order valence-corrected chi connectivity index (χ4v) is 3.58. The van der Waals surface area contributed by atoms with E-state index in [1.165, 1.54) is 19.3 Å². The number of rotatable bonds is 9. The highest BCUT2D eigenvalue weighted by molar-refractivity contribution is 7.89. The average molecular weight is 342 g/mol. The van der Waals surface area contributed by atoms with E-state index in [-0.39, 0.29) is 4.90 Å². The SMILES string of the molecule is COCCOc1ccc(S(=O)(=O)NCCN2CCCCC2)cc1. The van der Waals surface area contributed by atoms with E-state index in [4.69, 9.17) is 9.47 Å². The first-order valence-corrected chi connectivity index (χ1v) is 9.54. The molecule has 0 radical (unpaired) electrons. The van der Waals surface area contributed by atoms with E-state index in [1.54, 1.807) is 31.4 Å². The number of methoxy groups -OCH3 is 1. The van der Waals surface area contributed by atoms with Gasteiger partial charge in [0.2, 0.25) is 10.0 Å². The highest BCUT2D eigenvalue weighted by Gasteiger charge is 2.15. The molecule has 0 unspecified atom stereocenters. The highest BCUT2D eigenvalue weighted by atomic mass is 32.2. The van der Waals surface area contributed by atoms with Crippen LogP contribution in [0, 0.1) is 0 Å². The minimum absolute atomic E-state index is 0.259. The molecule has 0 saturated carbocycles. The summed E-state index contributed by atoms with van der Waals surface area (Å²) in [6.07, 6.45) is 3.69. The Morgan fingerprint density at radius 1 is 1.09 bits per heavy atom. The minimum atomic E-state index is -3.46. The van der Waals surface area contributed by atoms with Crippen LogP contribution in [0.25, 0.3) is 0 Å². The van der Waals surface area contributed by atoms with Crippen LogP contribution in [0.5, 0.6) is 5.75 Å². The number of sulfonamides is 1. The zero-order chi connectivity index (χ0) is 16.5. The van der Waals surface area contributed by atoms with Gasteiger partial charge in [0.15, 0.2) is 0 Å². The maximum Gasteiger partial charge on any atom is 0.240 e. The second-order valence-corrected chi connectivity index (χ2v) is 7.38. The van der Waals surface area contributed by atoms with Gasteiger partial charge in [0.1, 0.15) is 12.4 Å². The molecule has 0 aromatic heterocycles. The van der Waals surface area contributed by atoms with Crippen LogP contribution in [-0.4, -0.2) is 59.8 Å². The molecular weight excluding hydrogens is 316 g/mol. The Labute approximate surface area is 138 Å². The predicted octanol–water partition coefficient (Wildman–Crippen LogP) is 1.48. The van der Waals surface area contributed by atoms with Crippen molar-refractivity contribution in [3.05, 3.63) is 24.3 Å². The second kappa shape index (κ2) is 9.22. The quantitative estimate of drug-likeness (QED) is 0.689. The zero-order valence-corrected chi connectivity index (χ0v) is 14.5. The molecular formula is C16H26N2O4S. The van der Waals surface area contributed by atoms with Gasteiger partial charge in [-0.05, 0) is 50.2 Å². The van der Waals surface area contributed by atoms with E-state index in [9.17, 15) is 8.42 Å². The third kappa shape index (κ3) is 6.10. The number of piperidine rings is 1. The van der Waals surface area contributed by atoms with Crippen LogP contribution < -0.4 is 9.46 Å². The maximum absolute atomic E-state index is 12.3. The molecule has 1 aromatic carbocycles. The molecule has 1 aliphatic rings. The molecule has 1 fully saturated rings. The van der Waals surface area contributed by atoms with Crippen molar-refractivity contribution in [2.75, 3.05) is 46.5 Å². The van der Waals surface area contributed by atoms with Crippen LogP contribution in [0.1, 0.15) is 19.3 Å². The summed E-state index contributed by atoms with van der Waals surface area (Å²) in [6, 6.07) is 6.44. The van der Waals surface area contributed by atoms with Crippen LogP contribution in [0.2, 0.25) is 0 Å². The molecule has 7 heteroatoms. The van der Waals surface area contributed by atoms with E-state index >= 15 is 0 Å². The lowest BCUT2D eigenvalue weighted by Crippen LogP contribution is -2.37. The number of ether oxygens (including phenoxy) is 2. The van der Waals surface area contributed by atoms with Crippen molar-refractivity contribution in [2.45, 2.75) is 24.2 Å². The van der Waals surface area contributed by atoms with Gasteiger partial charge in [0.05, 0.1) is 11.5 Å². The van der Waals surface area contributed by atoms with Crippen LogP contribution >= 0.6 is 0 Å². The summed E-state index contributed by atoms with van der Waals surface area (Å²) in [5.41, 5.74) is 0. The van der Waals surface area contributed by atoms with Crippen LogP contribution in [0.4, 0.5) is 0 Å². The first-order chi connectivity index (χ1) is 11.1. The summed E-state index contributed by atoms with van der Waals surface area (Å²) in [7, 11) is -1.85. The third-order valence-electron chi connectivity index (χ3n) is 3.86. The molecule has 23 heavy (non-hydrogen) atoms. The summed E-state index contributed by atoms with van der Waals surface area (Å²) >= 11 is 0. The molecule has 0 aliphatic carbocycles. The molecule has 1 heterocycles. The van der Waals surface area contributed by atoms with Crippen molar-refractivity contribution in [1.29, 1.82) is 0 Å². The van der Waals surface area contributed by atoms with Crippen LogP contribution in [-0.2, 0) is 14.8 Å². The summed E-state index contributed by atoms with van der Waals surface area (Å²) in [6.45, 7) is 4.27. The van der Waals surface area contributed by atoms with Crippen molar-refractivity contribution < 1.29 is 17.9 Å². The molecule has 0 bridgehead atoms. The van der Waals surface area contributed by atoms with E-state index in [0.717, 1.165) is 19.6 Å². The average Bonchev–Trinajstić information content (AvgIpc) is 2.56. The summed E-state index contributed by atoms with van der Waals surface area (Å²) < 4.78 is 37.5. The molecule has 1 aliphatic heterocycles. The maximum atomic E-state index is 12.3. The Morgan fingerprint density at radius 3 is 2.43 bits per heavy atom. The van der Waals surface area contributed by atoms with Gasteiger partial charge in [-0.3, -0.25) is 0 Å². The van der Waals surface area contributed by atoms with Crippen molar-refractivity contribution >= 4 is 10.0 Å². The van der Waals surface area contributed by atoms with Gasteiger partial charge in [-0.15, -0.1) is 0 Å². The normalized spacial score (nSPS) is 16.4. The van der Waals surface area contributed by atoms with E-state index in [0.29, 0.717) is 25.5 Å². The zero-order valence-electron chi connectivity index (χ0n) is 13.7. The number of hydrogen-bond donors (Lipinski definition) is 1. The van der Waals surface area contributed by atoms with Crippen LogP contribution in [0.3, 0.4) is 0 Å². The molecule has 1 N–H and O–H groups in total. The van der Waals surface area contributed by atoms with Gasteiger partial charge in [-0.1, -0.05) is 6.42 Å². The van der Waals surface area contributed by atoms with Gasteiger partial charge in [-0.25, -0.2) is 13.1 Å². The third-order valence-corrected chi connectivity index (χ3v) is 5.34. The van der Waals surface area contributed by atoms with Gasteiger partial charge < -0.3 is 14.4 Å². The highest BCUT2D eigenvalue weighted by Crippen LogP contribution is 2.16. The molecule has 1 aromatic rings. The lowest BCUT2D eigenvalue weighted by Gasteiger charge is -2.26. The van der Waals surface area contributed by atoms with Gasteiger partial charge in [-0.2, -0.15) is 0 Å². The molecule has 2 rings (SSSR count). The van der Waals surface area contributed by atoms with Crippen LogP contribution in [0.15, 0.2) is 29.2 Å². The molecule has 0 amide bonds. The standard InChI is InChI=1S/C16H26N2O4S/c1-21-13-14-22-15-5-7-16(8-6-15)23(19,20)17-9-12-18-10-3-2-4-11-18/h5-8,17H,2-4,9-14H2,1H3. The van der Waals surface area contributed by atoms with Crippen molar-refractivity contribution in [3.63, 3.8) is 0 Å². The van der Waals surface area contributed by atoms with Crippen molar-refractivity contribution in [3.8, 4) is 5.75 Å². The lowest BCUT2D eigenvalue weighted by molar-refractivity contribution is 0.146. The summed E-state index contributed by atoms with van der Waals surface area (Å²) in [5.74, 6) is 0.634. The Bertz CT molecular complexity index is 554. The predicted molar refractivity (Wildman–Crippen MR) is 89.3 cm³/mol. The van der Waals surface area contributed by atoms with Gasteiger partial charge >= 0.3 is 0 Å². The molecule has 130 valence electrons. The van der Waals surface area contributed by atoms with E-state index in [1.807, 2.05) is 0 Å². The Balaban J connectivity index is 1.81. The Hall–Kier alpha value is -1.15. The molecule has 6 nitrogen and oxygen atoms in total. The monoisotopic (exact) mass is 342 g/mol. The lowest BCUT2D eigenvalue weighted by atomic mass is 10.1. The van der Waals surface area contributed by atoms with Crippen molar-refractivity contribution in [1.82, 2.24) is 9.62 Å². The van der Waals surface area contributed by atoms with Gasteiger partial charge in [0.25, 0.3) is 0 Å². The molecule has 0 spiro atoms. The fourth-order valence-electron chi connectivity index (χ4n) is 2.56. The Kier molecular flexibility index (Phi) is 7.29. The van der Waals surface area contributed by atoms with Gasteiger partial charge in [0, 0.05) is 20.2 Å². The molecule has 0 atom stereocenters. The topological polar surface area (TPSA) is 67.9 Å². The first kappa shape index (κ1) is 18.2. The fraction of sp³-hybridized carbons (Fsp3) is 0.625. The van der Waals surface area contributed by atoms with E-state index in [2.05, 4.69) is 9.62 Å². The Morgan fingerprint density at radius 2 is 1.78 bits per heavy atom. The number of nitrogens with zero attached hydrogens (tertiary/aromatic N) is 1. The van der Waals surface area contributed by atoms with Crippen molar-refractivity contribution in [2.24, 2.45) is 0 Å². The minimum Gasteiger partial charge on any atom is -0.491 e. The summed E-state index contributed by atoms with van der Waals surface area (Å²) in [5, 5.41) is 0. The number of likely N-dealkylation sites (tertiary alicyclic amines) is 1. The number of benzene rings is 1. The smallest absolute Gasteiger partial charge is 0.240 e. The second-order valence-electron chi connectivity index (χ2n) is 5.61. The number of nitrogens with one attached hydrogen (secondary N) is 1. The van der Waals surface area contributed by atoms with E-state index < -0.39 is 10.0 Å². The summed E-state index contributed by atoms with van der Waals surface area (Å²) in [4.78, 5) is 2.56.